The smallest absolute Gasteiger partial charge is 0.167 e. The molecule has 2 N–H and O–H groups in total. The highest BCUT2D eigenvalue weighted by Gasteiger charge is 2.35. The van der Waals surface area contributed by atoms with Crippen LogP contribution >= 0.6 is 0 Å². The fraction of sp³-hybridized carbons (Fsp3) is 0.353. The van der Waals surface area contributed by atoms with Crippen LogP contribution < -0.4 is 5.73 Å². The van der Waals surface area contributed by atoms with Crippen LogP contribution in [-0.4, -0.2) is 15.6 Å². The molecule has 1 aliphatic carbocycles. The number of nitriles is 1. The number of nitrogens with zero attached hydrogens (tertiary/aromatic N) is 3. The summed E-state index contributed by atoms with van der Waals surface area (Å²) in [7, 11) is 0. The van der Waals surface area contributed by atoms with Crippen molar-refractivity contribution in [2.45, 2.75) is 33.6 Å². The lowest BCUT2D eigenvalue weighted by molar-refractivity contribution is 0.0910. The first-order chi connectivity index (χ1) is 10.3. The van der Waals surface area contributed by atoms with Crippen molar-refractivity contribution in [3.05, 3.63) is 40.7 Å². The van der Waals surface area contributed by atoms with Crippen LogP contribution in [0.15, 0.2) is 18.2 Å². The van der Waals surface area contributed by atoms with Crippen LogP contribution in [0.4, 0.5) is 5.69 Å². The summed E-state index contributed by atoms with van der Waals surface area (Å²) in [4.78, 5) is 12.4. The predicted molar refractivity (Wildman–Crippen MR) is 83.9 cm³/mol. The molecule has 112 valence electrons. The van der Waals surface area contributed by atoms with Gasteiger partial charge in [-0.25, -0.2) is 4.68 Å². The summed E-state index contributed by atoms with van der Waals surface area (Å²) in [6, 6.07) is 7.28. The Morgan fingerprint density at radius 1 is 1.36 bits per heavy atom. The first-order valence-electron chi connectivity index (χ1n) is 7.24. The summed E-state index contributed by atoms with van der Waals surface area (Å²) in [5.74, 6) is 0.150. The number of nitrogen functional groups attached to an aromatic ring is 1. The molecule has 0 spiro atoms. The van der Waals surface area contributed by atoms with E-state index in [4.69, 9.17) is 11.0 Å². The molecule has 22 heavy (non-hydrogen) atoms. The number of aromatic nitrogens is 2. The van der Waals surface area contributed by atoms with E-state index in [1.165, 1.54) is 0 Å². The van der Waals surface area contributed by atoms with Crippen molar-refractivity contribution in [2.24, 2.45) is 5.41 Å². The molecule has 1 aromatic carbocycles. The Balaban J connectivity index is 2.18. The van der Waals surface area contributed by atoms with Gasteiger partial charge in [0.2, 0.25) is 0 Å². The highest BCUT2D eigenvalue weighted by atomic mass is 16.1. The van der Waals surface area contributed by atoms with E-state index < -0.39 is 0 Å². The SMILES string of the molecule is Cc1nn(-c2ccc(C#N)c(N)c2)c2c1C(=O)CC(C)(C)C2. The number of anilines is 1. The summed E-state index contributed by atoms with van der Waals surface area (Å²) in [5.41, 5.74) is 9.89. The minimum Gasteiger partial charge on any atom is -0.398 e. The number of benzene rings is 1. The van der Waals surface area contributed by atoms with Gasteiger partial charge in [0.1, 0.15) is 6.07 Å². The molecule has 0 atom stereocenters. The molecule has 1 aromatic heterocycles. The Morgan fingerprint density at radius 3 is 2.73 bits per heavy atom. The van der Waals surface area contributed by atoms with Gasteiger partial charge in [-0.2, -0.15) is 10.4 Å². The number of fused-ring (bicyclic) bond motifs is 1. The Morgan fingerprint density at radius 2 is 2.09 bits per heavy atom. The lowest BCUT2D eigenvalue weighted by Crippen LogP contribution is -2.28. The van der Waals surface area contributed by atoms with Crippen molar-refractivity contribution in [3.63, 3.8) is 0 Å². The molecule has 0 bridgehead atoms. The number of hydrogen-bond acceptors (Lipinski definition) is 4. The summed E-state index contributed by atoms with van der Waals surface area (Å²) in [6.45, 7) is 6.04. The average Bonchev–Trinajstić information content (AvgIpc) is 2.74. The number of rotatable bonds is 1. The van der Waals surface area contributed by atoms with Crippen LogP contribution in [0.5, 0.6) is 0 Å². The molecule has 1 heterocycles. The predicted octanol–water partition coefficient (Wildman–Crippen LogP) is 2.79. The van der Waals surface area contributed by atoms with Crippen molar-refractivity contribution in [3.8, 4) is 11.8 Å². The number of nitrogens with two attached hydrogens (primary N) is 1. The second-order valence-corrected chi connectivity index (χ2v) is 6.64. The number of carbonyl (C=O) groups excluding carboxylic acids is 1. The second-order valence-electron chi connectivity index (χ2n) is 6.64. The van der Waals surface area contributed by atoms with E-state index in [0.717, 1.165) is 29.1 Å². The number of ketones is 1. The minimum absolute atomic E-state index is 0.0769. The molecule has 5 heteroatoms. The van der Waals surface area contributed by atoms with E-state index in [2.05, 4.69) is 25.0 Å². The molecule has 0 aliphatic heterocycles. The second kappa shape index (κ2) is 4.70. The zero-order valence-corrected chi connectivity index (χ0v) is 13.0. The Labute approximate surface area is 129 Å². The van der Waals surface area contributed by atoms with Gasteiger partial charge in [0.15, 0.2) is 5.78 Å². The van der Waals surface area contributed by atoms with E-state index in [1.807, 2.05) is 13.0 Å². The van der Waals surface area contributed by atoms with Crippen LogP contribution in [0.1, 0.15) is 47.6 Å². The molecule has 0 amide bonds. The van der Waals surface area contributed by atoms with Gasteiger partial charge in [-0.15, -0.1) is 0 Å². The Bertz CT molecular complexity index is 824. The molecule has 5 nitrogen and oxygen atoms in total. The number of carbonyl (C=O) groups is 1. The van der Waals surface area contributed by atoms with Gasteiger partial charge < -0.3 is 5.73 Å². The lowest BCUT2D eigenvalue weighted by Gasteiger charge is -2.29. The van der Waals surface area contributed by atoms with Crippen LogP contribution in [0.3, 0.4) is 0 Å². The Kier molecular flexibility index (Phi) is 3.06. The van der Waals surface area contributed by atoms with E-state index in [1.54, 1.807) is 16.8 Å². The third-order valence-electron chi connectivity index (χ3n) is 4.12. The molecule has 0 unspecified atom stereocenters. The van der Waals surface area contributed by atoms with Crippen LogP contribution in [0.2, 0.25) is 0 Å². The van der Waals surface area contributed by atoms with Gasteiger partial charge in [0, 0.05) is 6.42 Å². The fourth-order valence-corrected chi connectivity index (χ4v) is 3.14. The first kappa shape index (κ1) is 14.3. The topological polar surface area (TPSA) is 84.7 Å². The number of Topliss-reactive ketones (excluding diaryl/α,β-unsaturated/α-hetero) is 1. The summed E-state index contributed by atoms with van der Waals surface area (Å²) in [6.07, 6.45) is 1.33. The molecule has 0 radical (unpaired) electrons. The van der Waals surface area contributed by atoms with E-state index in [9.17, 15) is 4.79 Å². The minimum atomic E-state index is -0.0769. The molecule has 0 fully saturated rings. The highest BCUT2D eigenvalue weighted by molar-refractivity contribution is 5.99. The lowest BCUT2D eigenvalue weighted by atomic mass is 9.75. The summed E-state index contributed by atoms with van der Waals surface area (Å²) >= 11 is 0. The van der Waals surface area contributed by atoms with Gasteiger partial charge in [-0.3, -0.25) is 4.79 Å². The summed E-state index contributed by atoms with van der Waals surface area (Å²) < 4.78 is 1.79. The average molecular weight is 294 g/mol. The highest BCUT2D eigenvalue weighted by Crippen LogP contribution is 2.37. The van der Waals surface area contributed by atoms with Crippen molar-refractivity contribution in [2.75, 3.05) is 5.73 Å². The van der Waals surface area contributed by atoms with E-state index in [-0.39, 0.29) is 11.2 Å². The van der Waals surface area contributed by atoms with Gasteiger partial charge >= 0.3 is 0 Å². The maximum Gasteiger partial charge on any atom is 0.167 e. The van der Waals surface area contributed by atoms with Crippen LogP contribution in [-0.2, 0) is 6.42 Å². The molecule has 2 aromatic rings. The van der Waals surface area contributed by atoms with Crippen molar-refractivity contribution >= 4 is 11.5 Å². The van der Waals surface area contributed by atoms with E-state index >= 15 is 0 Å². The standard InChI is InChI=1S/C17H18N4O/c1-10-16-14(7-17(2,3)8-15(16)22)21(20-10)12-5-4-11(9-18)13(19)6-12/h4-6H,7-8,19H2,1-3H3. The largest absolute Gasteiger partial charge is 0.398 e. The molecular weight excluding hydrogens is 276 g/mol. The maximum absolute atomic E-state index is 12.4. The van der Waals surface area contributed by atoms with E-state index in [0.29, 0.717) is 17.7 Å². The normalized spacial score (nSPS) is 16.2. The van der Waals surface area contributed by atoms with Gasteiger partial charge in [-0.05, 0) is 37.0 Å². The maximum atomic E-state index is 12.4. The van der Waals surface area contributed by atoms with Gasteiger partial charge in [0.05, 0.1) is 33.9 Å². The summed E-state index contributed by atoms with van der Waals surface area (Å²) in [5, 5.41) is 13.5. The van der Waals surface area contributed by atoms with Crippen LogP contribution in [0, 0.1) is 23.7 Å². The first-order valence-corrected chi connectivity index (χ1v) is 7.24. The van der Waals surface area contributed by atoms with Crippen molar-refractivity contribution in [1.82, 2.24) is 9.78 Å². The third kappa shape index (κ3) is 2.17. The van der Waals surface area contributed by atoms with Crippen molar-refractivity contribution in [1.29, 1.82) is 5.26 Å². The number of hydrogen-bond donors (Lipinski definition) is 1. The third-order valence-corrected chi connectivity index (χ3v) is 4.12. The molecular formula is C17H18N4O. The molecule has 0 saturated heterocycles. The quantitative estimate of drug-likeness (QED) is 0.819. The zero-order valence-electron chi connectivity index (χ0n) is 13.0. The zero-order chi connectivity index (χ0) is 16.1. The molecule has 3 rings (SSSR count). The van der Waals surface area contributed by atoms with Crippen LogP contribution in [0.25, 0.3) is 5.69 Å². The van der Waals surface area contributed by atoms with Crippen molar-refractivity contribution < 1.29 is 4.79 Å². The van der Waals surface area contributed by atoms with Gasteiger partial charge in [0.25, 0.3) is 0 Å². The molecule has 0 saturated carbocycles. The Hall–Kier alpha value is -2.61. The van der Waals surface area contributed by atoms with Gasteiger partial charge in [-0.1, -0.05) is 13.8 Å². The molecule has 1 aliphatic rings. The monoisotopic (exact) mass is 294 g/mol. The number of aryl methyl sites for hydroxylation is 1. The fourth-order valence-electron chi connectivity index (χ4n) is 3.14.